The van der Waals surface area contributed by atoms with Gasteiger partial charge >= 0.3 is 0 Å². The zero-order chi connectivity index (χ0) is 9.68. The lowest BCUT2D eigenvalue weighted by atomic mass is 10.2. The van der Waals surface area contributed by atoms with E-state index in [2.05, 4.69) is 5.32 Å². The summed E-state index contributed by atoms with van der Waals surface area (Å²) in [4.78, 5) is 11.2. The van der Waals surface area contributed by atoms with E-state index in [1.165, 1.54) is 0 Å². The van der Waals surface area contributed by atoms with Crippen LogP contribution < -0.4 is 5.32 Å². The number of furan rings is 1. The number of halogens is 1. The summed E-state index contributed by atoms with van der Waals surface area (Å²) in [5, 5.41) is 2.75. The predicted octanol–water partition coefficient (Wildman–Crippen LogP) is 1.77. The van der Waals surface area contributed by atoms with E-state index in [0.717, 1.165) is 5.56 Å². The molecule has 0 radical (unpaired) electrons. The van der Waals surface area contributed by atoms with E-state index in [-0.39, 0.29) is 11.8 Å². The molecule has 0 aromatic carbocycles. The molecular formula is C9H12ClNO2. The molecule has 1 heterocycles. The molecule has 1 unspecified atom stereocenters. The highest BCUT2D eigenvalue weighted by Gasteiger charge is 2.10. The van der Waals surface area contributed by atoms with Gasteiger partial charge < -0.3 is 9.73 Å². The number of hydrogen-bond donors (Lipinski definition) is 1. The Morgan fingerprint density at radius 2 is 2.54 bits per heavy atom. The van der Waals surface area contributed by atoms with Crippen LogP contribution in [0.15, 0.2) is 23.0 Å². The molecule has 0 fully saturated rings. The third-order valence-corrected chi connectivity index (χ3v) is 2.19. The highest BCUT2D eigenvalue weighted by atomic mass is 35.5. The van der Waals surface area contributed by atoms with Crippen molar-refractivity contribution in [3.8, 4) is 0 Å². The standard InChI is InChI=1S/C9H12ClNO2/c1-7(4-10)9(12)11-5-8-2-3-13-6-8/h2-3,6-7H,4-5H2,1H3,(H,11,12). The van der Waals surface area contributed by atoms with Gasteiger partial charge in [0.05, 0.1) is 12.5 Å². The van der Waals surface area contributed by atoms with E-state index in [9.17, 15) is 4.79 Å². The number of nitrogens with one attached hydrogen (secondary N) is 1. The van der Waals surface area contributed by atoms with Crippen molar-refractivity contribution in [1.82, 2.24) is 5.32 Å². The van der Waals surface area contributed by atoms with Gasteiger partial charge in [0.1, 0.15) is 0 Å². The fraction of sp³-hybridized carbons (Fsp3) is 0.444. The van der Waals surface area contributed by atoms with E-state index in [0.29, 0.717) is 12.4 Å². The number of rotatable bonds is 4. The lowest BCUT2D eigenvalue weighted by molar-refractivity contribution is -0.124. The van der Waals surface area contributed by atoms with Crippen LogP contribution in [0.3, 0.4) is 0 Å². The van der Waals surface area contributed by atoms with Crippen molar-refractivity contribution in [3.63, 3.8) is 0 Å². The highest BCUT2D eigenvalue weighted by molar-refractivity contribution is 6.19. The molecule has 13 heavy (non-hydrogen) atoms. The number of amides is 1. The van der Waals surface area contributed by atoms with E-state index in [1.54, 1.807) is 19.5 Å². The van der Waals surface area contributed by atoms with Crippen molar-refractivity contribution < 1.29 is 9.21 Å². The van der Waals surface area contributed by atoms with Gasteiger partial charge in [0, 0.05) is 23.9 Å². The van der Waals surface area contributed by atoms with Crippen LogP contribution in [-0.4, -0.2) is 11.8 Å². The van der Waals surface area contributed by atoms with Crippen molar-refractivity contribution in [2.24, 2.45) is 5.92 Å². The quantitative estimate of drug-likeness (QED) is 0.755. The molecule has 0 saturated heterocycles. The summed E-state index contributed by atoms with van der Waals surface area (Å²) >= 11 is 5.53. The van der Waals surface area contributed by atoms with Gasteiger partial charge in [-0.3, -0.25) is 4.79 Å². The van der Waals surface area contributed by atoms with Crippen molar-refractivity contribution in [1.29, 1.82) is 0 Å². The van der Waals surface area contributed by atoms with Crippen LogP contribution in [0, 0.1) is 5.92 Å². The van der Waals surface area contributed by atoms with Crippen LogP contribution in [0.4, 0.5) is 0 Å². The van der Waals surface area contributed by atoms with Crippen molar-refractivity contribution in [2.75, 3.05) is 5.88 Å². The minimum Gasteiger partial charge on any atom is -0.472 e. The summed E-state index contributed by atoms with van der Waals surface area (Å²) in [6.45, 7) is 2.29. The summed E-state index contributed by atoms with van der Waals surface area (Å²) in [5.74, 6) is 0.168. The Kier molecular flexibility index (Phi) is 3.83. The van der Waals surface area contributed by atoms with Gasteiger partial charge in [-0.05, 0) is 6.07 Å². The number of carbonyl (C=O) groups excluding carboxylic acids is 1. The van der Waals surface area contributed by atoms with E-state index < -0.39 is 0 Å². The molecule has 3 nitrogen and oxygen atoms in total. The van der Waals surface area contributed by atoms with Gasteiger partial charge in [0.2, 0.25) is 5.91 Å². The molecule has 0 spiro atoms. The molecule has 72 valence electrons. The van der Waals surface area contributed by atoms with Crippen molar-refractivity contribution in [3.05, 3.63) is 24.2 Å². The molecular weight excluding hydrogens is 190 g/mol. The van der Waals surface area contributed by atoms with Gasteiger partial charge in [-0.1, -0.05) is 6.92 Å². The second kappa shape index (κ2) is 4.92. The predicted molar refractivity (Wildman–Crippen MR) is 50.4 cm³/mol. The highest BCUT2D eigenvalue weighted by Crippen LogP contribution is 2.01. The molecule has 0 aliphatic heterocycles. The smallest absolute Gasteiger partial charge is 0.224 e. The molecule has 0 saturated carbocycles. The van der Waals surface area contributed by atoms with Gasteiger partial charge in [-0.2, -0.15) is 0 Å². The number of hydrogen-bond acceptors (Lipinski definition) is 2. The van der Waals surface area contributed by atoms with Crippen molar-refractivity contribution in [2.45, 2.75) is 13.5 Å². The second-order valence-electron chi connectivity index (χ2n) is 2.90. The summed E-state index contributed by atoms with van der Waals surface area (Å²) in [6, 6.07) is 1.81. The molecule has 1 rings (SSSR count). The van der Waals surface area contributed by atoms with Crippen LogP contribution >= 0.6 is 11.6 Å². The summed E-state index contributed by atoms with van der Waals surface area (Å²) in [6.07, 6.45) is 3.18. The topological polar surface area (TPSA) is 42.2 Å². The first-order valence-electron chi connectivity index (χ1n) is 4.08. The maximum atomic E-state index is 11.2. The van der Waals surface area contributed by atoms with Crippen LogP contribution in [-0.2, 0) is 11.3 Å². The summed E-state index contributed by atoms with van der Waals surface area (Å²) in [7, 11) is 0. The molecule has 0 bridgehead atoms. The van der Waals surface area contributed by atoms with Crippen LogP contribution in [0.2, 0.25) is 0 Å². The minimum absolute atomic E-state index is 0.0313. The zero-order valence-corrected chi connectivity index (χ0v) is 8.17. The van der Waals surface area contributed by atoms with Gasteiger partial charge in [-0.15, -0.1) is 11.6 Å². The lowest BCUT2D eigenvalue weighted by Crippen LogP contribution is -2.29. The fourth-order valence-corrected chi connectivity index (χ4v) is 0.967. The lowest BCUT2D eigenvalue weighted by Gasteiger charge is -2.07. The summed E-state index contributed by atoms with van der Waals surface area (Å²) in [5.41, 5.74) is 0.954. The third-order valence-electron chi connectivity index (χ3n) is 1.73. The molecule has 1 atom stereocenters. The Labute approximate surface area is 82.1 Å². The Morgan fingerprint density at radius 3 is 3.08 bits per heavy atom. The van der Waals surface area contributed by atoms with E-state index in [4.69, 9.17) is 16.0 Å². The second-order valence-corrected chi connectivity index (χ2v) is 3.21. The Balaban J connectivity index is 2.31. The van der Waals surface area contributed by atoms with Crippen LogP contribution in [0.25, 0.3) is 0 Å². The van der Waals surface area contributed by atoms with Gasteiger partial charge in [0.25, 0.3) is 0 Å². The molecule has 1 aromatic heterocycles. The Hall–Kier alpha value is -0.960. The monoisotopic (exact) mass is 201 g/mol. The van der Waals surface area contributed by atoms with E-state index >= 15 is 0 Å². The van der Waals surface area contributed by atoms with Crippen molar-refractivity contribution >= 4 is 17.5 Å². The SMILES string of the molecule is CC(CCl)C(=O)NCc1ccoc1. The first-order valence-corrected chi connectivity index (χ1v) is 4.62. The number of alkyl halides is 1. The fourth-order valence-electron chi connectivity index (χ4n) is 0.827. The van der Waals surface area contributed by atoms with Gasteiger partial charge in [0.15, 0.2) is 0 Å². The largest absolute Gasteiger partial charge is 0.472 e. The zero-order valence-electron chi connectivity index (χ0n) is 7.42. The first kappa shape index (κ1) is 10.1. The average molecular weight is 202 g/mol. The molecule has 0 aliphatic rings. The maximum absolute atomic E-state index is 11.2. The first-order chi connectivity index (χ1) is 6.24. The molecule has 1 N–H and O–H groups in total. The Morgan fingerprint density at radius 1 is 1.77 bits per heavy atom. The molecule has 4 heteroatoms. The molecule has 0 aliphatic carbocycles. The summed E-state index contributed by atoms with van der Waals surface area (Å²) < 4.78 is 4.86. The van der Waals surface area contributed by atoms with Crippen LogP contribution in [0.1, 0.15) is 12.5 Å². The average Bonchev–Trinajstić information content (AvgIpc) is 2.65. The maximum Gasteiger partial charge on any atom is 0.224 e. The van der Waals surface area contributed by atoms with Crippen LogP contribution in [0.5, 0.6) is 0 Å². The normalized spacial score (nSPS) is 12.5. The molecule has 1 aromatic rings. The van der Waals surface area contributed by atoms with E-state index in [1.807, 2.05) is 6.07 Å². The Bertz CT molecular complexity index is 259. The molecule has 1 amide bonds. The third kappa shape index (κ3) is 3.11. The van der Waals surface area contributed by atoms with Gasteiger partial charge in [-0.25, -0.2) is 0 Å². The number of carbonyl (C=O) groups is 1. The minimum atomic E-state index is -0.145.